The Morgan fingerprint density at radius 3 is 2.12 bits per heavy atom. The fourth-order valence-corrected chi connectivity index (χ4v) is 2.58. The van der Waals surface area contributed by atoms with Crippen LogP contribution in [0.4, 0.5) is 10.1 Å². The predicted octanol–water partition coefficient (Wildman–Crippen LogP) is 3.46. The van der Waals surface area contributed by atoms with E-state index in [0.717, 1.165) is 17.0 Å². The average molecular weight is 341 g/mol. The molecule has 1 heterocycles. The second-order valence-corrected chi connectivity index (χ2v) is 5.84. The molecule has 0 aromatic heterocycles. The molecular formula is C19H16FNO4. The van der Waals surface area contributed by atoms with E-state index in [4.69, 9.17) is 4.74 Å². The first-order valence-corrected chi connectivity index (χ1v) is 7.73. The Morgan fingerprint density at radius 2 is 1.56 bits per heavy atom. The molecule has 128 valence electrons. The number of carbonyl (C=O) groups is 2. The summed E-state index contributed by atoms with van der Waals surface area (Å²) in [6, 6.07) is 11.4. The number of benzene rings is 2. The lowest BCUT2D eigenvalue weighted by atomic mass is 10.1. The summed E-state index contributed by atoms with van der Waals surface area (Å²) >= 11 is 0. The van der Waals surface area contributed by atoms with Gasteiger partial charge in [0.15, 0.2) is 5.76 Å². The summed E-state index contributed by atoms with van der Waals surface area (Å²) in [4.78, 5) is 25.7. The number of imide groups is 1. The van der Waals surface area contributed by atoms with Crippen LogP contribution in [0.15, 0.2) is 54.3 Å². The van der Waals surface area contributed by atoms with E-state index in [2.05, 4.69) is 0 Å². The number of nitrogens with zero attached hydrogens (tertiary/aromatic N) is 1. The van der Waals surface area contributed by atoms with Crippen LogP contribution in [0.3, 0.4) is 0 Å². The molecule has 1 aliphatic rings. The summed E-state index contributed by atoms with van der Waals surface area (Å²) in [6.45, 7) is 3.78. The van der Waals surface area contributed by atoms with Gasteiger partial charge in [0.1, 0.15) is 11.6 Å². The number of amides is 2. The number of ether oxygens (including phenoxy) is 1. The molecule has 2 amide bonds. The zero-order chi connectivity index (χ0) is 18.1. The number of anilines is 1. The van der Waals surface area contributed by atoms with Crippen molar-refractivity contribution in [3.63, 3.8) is 0 Å². The molecule has 2 aromatic carbocycles. The van der Waals surface area contributed by atoms with Crippen molar-refractivity contribution in [2.24, 2.45) is 0 Å². The van der Waals surface area contributed by atoms with Gasteiger partial charge in [-0.05, 0) is 55.8 Å². The van der Waals surface area contributed by atoms with E-state index in [1.807, 2.05) is 13.8 Å². The summed E-state index contributed by atoms with van der Waals surface area (Å²) in [7, 11) is 0. The van der Waals surface area contributed by atoms with Crippen LogP contribution in [0.5, 0.6) is 5.75 Å². The zero-order valence-corrected chi connectivity index (χ0v) is 13.7. The highest BCUT2D eigenvalue weighted by atomic mass is 19.1. The number of halogens is 1. The van der Waals surface area contributed by atoms with Crippen molar-refractivity contribution in [1.29, 1.82) is 0 Å². The minimum atomic E-state index is -0.839. The fourth-order valence-electron chi connectivity index (χ4n) is 2.58. The standard InChI is InChI=1S/C19H16FNO4/c1-11(2)25-15-9-3-12(4-10-15)16-17(22)19(24)21(18(16)23)14-7-5-13(20)6-8-14/h3-11,22H,1-2H3. The Hall–Kier alpha value is -3.15. The number of hydrogen-bond acceptors (Lipinski definition) is 4. The van der Waals surface area contributed by atoms with Crippen molar-refractivity contribution < 1.29 is 23.8 Å². The van der Waals surface area contributed by atoms with Gasteiger partial charge in [-0.3, -0.25) is 9.59 Å². The van der Waals surface area contributed by atoms with Crippen molar-refractivity contribution in [2.75, 3.05) is 4.90 Å². The third-order valence-corrected chi connectivity index (χ3v) is 3.66. The summed E-state index contributed by atoms with van der Waals surface area (Å²) in [5, 5.41) is 10.1. The van der Waals surface area contributed by atoms with E-state index in [1.165, 1.54) is 12.1 Å². The first-order valence-electron chi connectivity index (χ1n) is 7.73. The molecule has 1 N–H and O–H groups in total. The van der Waals surface area contributed by atoms with Gasteiger partial charge in [-0.1, -0.05) is 12.1 Å². The Bertz CT molecular complexity index is 854. The number of aliphatic hydroxyl groups excluding tert-OH is 1. The summed E-state index contributed by atoms with van der Waals surface area (Å²) in [6.07, 6.45) is 0.00197. The molecule has 0 bridgehead atoms. The van der Waals surface area contributed by atoms with E-state index < -0.39 is 23.4 Å². The molecule has 0 saturated carbocycles. The maximum absolute atomic E-state index is 13.1. The average Bonchev–Trinajstić information content (AvgIpc) is 2.79. The van der Waals surface area contributed by atoms with Gasteiger partial charge in [0.2, 0.25) is 0 Å². The first-order chi connectivity index (χ1) is 11.9. The first kappa shape index (κ1) is 16.7. The number of carbonyl (C=O) groups excluding carboxylic acids is 2. The van der Waals surface area contributed by atoms with Crippen molar-refractivity contribution in [3.05, 3.63) is 65.7 Å². The molecule has 0 spiro atoms. The molecule has 25 heavy (non-hydrogen) atoms. The molecule has 3 rings (SSSR count). The Labute approximate surface area is 144 Å². The van der Waals surface area contributed by atoms with E-state index in [1.54, 1.807) is 24.3 Å². The van der Waals surface area contributed by atoms with Crippen LogP contribution in [0.2, 0.25) is 0 Å². The van der Waals surface area contributed by atoms with Gasteiger partial charge in [-0.25, -0.2) is 9.29 Å². The molecule has 0 radical (unpaired) electrons. The largest absolute Gasteiger partial charge is 0.502 e. The summed E-state index contributed by atoms with van der Waals surface area (Å²) < 4.78 is 18.6. The SMILES string of the molecule is CC(C)Oc1ccc(C2=C(O)C(=O)N(c3ccc(F)cc3)C2=O)cc1. The summed E-state index contributed by atoms with van der Waals surface area (Å²) in [5.74, 6) is -2.00. The van der Waals surface area contributed by atoms with Crippen LogP contribution >= 0.6 is 0 Å². The quantitative estimate of drug-likeness (QED) is 0.865. The molecule has 2 aromatic rings. The van der Waals surface area contributed by atoms with Crippen LogP contribution in [0, 0.1) is 5.82 Å². The smallest absolute Gasteiger partial charge is 0.301 e. The van der Waals surface area contributed by atoms with Gasteiger partial charge < -0.3 is 9.84 Å². The lowest BCUT2D eigenvalue weighted by Crippen LogP contribution is -2.31. The Morgan fingerprint density at radius 1 is 0.960 bits per heavy atom. The van der Waals surface area contributed by atoms with E-state index in [-0.39, 0.29) is 17.4 Å². The molecule has 6 heteroatoms. The minimum Gasteiger partial charge on any atom is -0.502 e. The predicted molar refractivity (Wildman–Crippen MR) is 90.6 cm³/mol. The molecule has 1 aliphatic heterocycles. The third kappa shape index (κ3) is 3.10. The van der Waals surface area contributed by atoms with Gasteiger partial charge >= 0.3 is 5.91 Å². The lowest BCUT2D eigenvalue weighted by molar-refractivity contribution is -0.121. The van der Waals surface area contributed by atoms with Crippen LogP contribution in [0.25, 0.3) is 5.57 Å². The number of rotatable bonds is 4. The van der Waals surface area contributed by atoms with Crippen molar-refractivity contribution >= 4 is 23.1 Å². The van der Waals surface area contributed by atoms with Crippen molar-refractivity contribution in [1.82, 2.24) is 0 Å². The van der Waals surface area contributed by atoms with Crippen LogP contribution in [0.1, 0.15) is 19.4 Å². The van der Waals surface area contributed by atoms with Gasteiger partial charge in [0.05, 0.1) is 17.4 Å². The van der Waals surface area contributed by atoms with Gasteiger partial charge in [0.25, 0.3) is 5.91 Å². The van der Waals surface area contributed by atoms with Crippen LogP contribution in [-0.4, -0.2) is 23.0 Å². The van der Waals surface area contributed by atoms with Crippen LogP contribution in [-0.2, 0) is 9.59 Å². The van der Waals surface area contributed by atoms with Gasteiger partial charge in [-0.15, -0.1) is 0 Å². The second kappa shape index (κ2) is 6.39. The topological polar surface area (TPSA) is 66.8 Å². The highest BCUT2D eigenvalue weighted by Crippen LogP contribution is 2.32. The molecule has 5 nitrogen and oxygen atoms in total. The fraction of sp³-hybridized carbons (Fsp3) is 0.158. The normalized spacial score (nSPS) is 14.6. The van der Waals surface area contributed by atoms with Gasteiger partial charge in [0, 0.05) is 0 Å². The zero-order valence-electron chi connectivity index (χ0n) is 13.7. The number of hydrogen-bond donors (Lipinski definition) is 1. The highest BCUT2D eigenvalue weighted by molar-refractivity contribution is 6.44. The Balaban J connectivity index is 1.93. The van der Waals surface area contributed by atoms with E-state index in [9.17, 15) is 19.1 Å². The monoisotopic (exact) mass is 341 g/mol. The minimum absolute atomic E-state index is 0.00197. The molecule has 0 saturated heterocycles. The van der Waals surface area contributed by atoms with E-state index >= 15 is 0 Å². The molecule has 0 fully saturated rings. The molecular weight excluding hydrogens is 325 g/mol. The lowest BCUT2D eigenvalue weighted by Gasteiger charge is -2.14. The maximum Gasteiger partial charge on any atom is 0.301 e. The van der Waals surface area contributed by atoms with Crippen molar-refractivity contribution in [2.45, 2.75) is 20.0 Å². The molecule has 0 unspecified atom stereocenters. The molecule has 0 atom stereocenters. The van der Waals surface area contributed by atoms with Crippen molar-refractivity contribution in [3.8, 4) is 5.75 Å². The van der Waals surface area contributed by atoms with E-state index in [0.29, 0.717) is 11.3 Å². The van der Waals surface area contributed by atoms with Crippen LogP contribution < -0.4 is 9.64 Å². The number of aliphatic hydroxyl groups is 1. The Kier molecular flexibility index (Phi) is 4.27. The molecule has 0 aliphatic carbocycles. The highest BCUT2D eigenvalue weighted by Gasteiger charge is 2.40. The maximum atomic E-state index is 13.1. The summed E-state index contributed by atoms with van der Waals surface area (Å²) in [5.41, 5.74) is 0.500. The second-order valence-electron chi connectivity index (χ2n) is 5.84. The van der Waals surface area contributed by atoms with Gasteiger partial charge in [-0.2, -0.15) is 0 Å². The third-order valence-electron chi connectivity index (χ3n) is 3.66.